The van der Waals surface area contributed by atoms with E-state index in [4.69, 9.17) is 9.26 Å². The molecule has 6 nitrogen and oxygen atoms in total. The van der Waals surface area contributed by atoms with Crippen molar-refractivity contribution in [3.05, 3.63) is 11.7 Å². The van der Waals surface area contributed by atoms with Gasteiger partial charge in [0.2, 0.25) is 5.89 Å². The highest BCUT2D eigenvalue weighted by Gasteiger charge is 2.31. The SMILES string of the molecule is CC(c1nc(C2CC2)no1)N1CCN(CC2CCCO2)CC1. The highest BCUT2D eigenvalue weighted by atomic mass is 16.5. The molecule has 3 aliphatic rings. The monoisotopic (exact) mass is 306 g/mol. The van der Waals surface area contributed by atoms with Gasteiger partial charge in [-0.05, 0) is 32.6 Å². The molecule has 6 heteroatoms. The van der Waals surface area contributed by atoms with E-state index in [1.165, 1.54) is 25.7 Å². The quantitative estimate of drug-likeness (QED) is 0.827. The van der Waals surface area contributed by atoms with Gasteiger partial charge in [0.15, 0.2) is 5.82 Å². The Labute approximate surface area is 131 Å². The van der Waals surface area contributed by atoms with Gasteiger partial charge in [0.1, 0.15) is 0 Å². The standard InChI is InChI=1S/C16H26N4O2/c1-12(16-17-15(18-22-16)13-4-5-13)20-8-6-19(7-9-20)11-14-3-2-10-21-14/h12-14H,2-11H2,1H3. The lowest BCUT2D eigenvalue weighted by atomic mass is 10.2. The van der Waals surface area contributed by atoms with Crippen LogP contribution in [0, 0.1) is 0 Å². The van der Waals surface area contributed by atoms with Gasteiger partial charge >= 0.3 is 0 Å². The number of ether oxygens (including phenoxy) is 1. The van der Waals surface area contributed by atoms with E-state index in [0.717, 1.165) is 51.0 Å². The lowest BCUT2D eigenvalue weighted by molar-refractivity contribution is 0.0379. The minimum atomic E-state index is 0.227. The maximum atomic E-state index is 5.74. The third kappa shape index (κ3) is 3.19. The topological polar surface area (TPSA) is 54.6 Å². The maximum absolute atomic E-state index is 5.74. The molecule has 0 spiro atoms. The van der Waals surface area contributed by atoms with E-state index in [1.54, 1.807) is 0 Å². The van der Waals surface area contributed by atoms with E-state index >= 15 is 0 Å². The molecule has 0 bridgehead atoms. The fourth-order valence-corrected chi connectivity index (χ4v) is 3.49. The molecule has 2 atom stereocenters. The summed E-state index contributed by atoms with van der Waals surface area (Å²) in [5.41, 5.74) is 0. The van der Waals surface area contributed by atoms with Crippen LogP contribution < -0.4 is 0 Å². The molecule has 0 radical (unpaired) electrons. The van der Waals surface area contributed by atoms with Gasteiger partial charge in [0, 0.05) is 45.2 Å². The van der Waals surface area contributed by atoms with Crippen LogP contribution in [-0.4, -0.2) is 65.4 Å². The molecule has 0 N–H and O–H groups in total. The summed E-state index contributed by atoms with van der Waals surface area (Å²) in [7, 11) is 0. The minimum absolute atomic E-state index is 0.227. The van der Waals surface area contributed by atoms with Crippen LogP contribution in [0.3, 0.4) is 0 Å². The molecule has 0 amide bonds. The Morgan fingerprint density at radius 2 is 2.00 bits per heavy atom. The average molecular weight is 306 g/mol. The average Bonchev–Trinajstić information content (AvgIpc) is 3.06. The lowest BCUT2D eigenvalue weighted by Gasteiger charge is -2.37. The maximum Gasteiger partial charge on any atom is 0.243 e. The van der Waals surface area contributed by atoms with Crippen LogP contribution in [0.2, 0.25) is 0 Å². The first-order valence-corrected chi connectivity index (χ1v) is 8.71. The van der Waals surface area contributed by atoms with Crippen molar-refractivity contribution in [1.82, 2.24) is 19.9 Å². The van der Waals surface area contributed by atoms with Gasteiger partial charge in [0.25, 0.3) is 0 Å². The molecular weight excluding hydrogens is 280 g/mol. The number of hydrogen-bond acceptors (Lipinski definition) is 6. The Balaban J connectivity index is 1.28. The second-order valence-corrected chi connectivity index (χ2v) is 6.91. The second-order valence-electron chi connectivity index (χ2n) is 6.91. The van der Waals surface area contributed by atoms with E-state index in [-0.39, 0.29) is 6.04 Å². The first kappa shape index (κ1) is 14.6. The van der Waals surface area contributed by atoms with Crippen molar-refractivity contribution >= 4 is 0 Å². The van der Waals surface area contributed by atoms with Gasteiger partial charge in [-0.25, -0.2) is 0 Å². The van der Waals surface area contributed by atoms with Crippen LogP contribution in [0.25, 0.3) is 0 Å². The summed E-state index contributed by atoms with van der Waals surface area (Å²) < 4.78 is 11.2. The Hall–Kier alpha value is -0.980. The Morgan fingerprint density at radius 3 is 2.68 bits per heavy atom. The Kier molecular flexibility index (Phi) is 4.15. The fourth-order valence-electron chi connectivity index (χ4n) is 3.49. The van der Waals surface area contributed by atoms with E-state index < -0.39 is 0 Å². The number of nitrogens with zero attached hydrogens (tertiary/aromatic N) is 4. The molecule has 4 rings (SSSR count). The van der Waals surface area contributed by atoms with Crippen LogP contribution in [0.15, 0.2) is 4.52 Å². The molecule has 1 aliphatic carbocycles. The lowest BCUT2D eigenvalue weighted by Crippen LogP contribution is -2.49. The van der Waals surface area contributed by atoms with Crippen molar-refractivity contribution in [3.8, 4) is 0 Å². The summed E-state index contributed by atoms with van der Waals surface area (Å²) in [4.78, 5) is 9.58. The molecule has 22 heavy (non-hydrogen) atoms. The molecule has 1 aromatic heterocycles. The molecule has 2 saturated heterocycles. The molecule has 1 aromatic rings. The highest BCUT2D eigenvalue weighted by Crippen LogP contribution is 2.38. The number of hydrogen-bond donors (Lipinski definition) is 0. The van der Waals surface area contributed by atoms with E-state index in [1.807, 2.05) is 0 Å². The first-order valence-electron chi connectivity index (χ1n) is 8.71. The van der Waals surface area contributed by atoms with Crippen LogP contribution in [0.5, 0.6) is 0 Å². The second kappa shape index (κ2) is 6.26. The van der Waals surface area contributed by atoms with Gasteiger partial charge in [0.05, 0.1) is 12.1 Å². The molecule has 2 unspecified atom stereocenters. The van der Waals surface area contributed by atoms with Crippen LogP contribution >= 0.6 is 0 Å². The van der Waals surface area contributed by atoms with Gasteiger partial charge in [-0.2, -0.15) is 4.98 Å². The van der Waals surface area contributed by atoms with E-state index in [9.17, 15) is 0 Å². The van der Waals surface area contributed by atoms with Gasteiger partial charge in [-0.3, -0.25) is 9.80 Å². The first-order chi connectivity index (χ1) is 10.8. The molecular formula is C16H26N4O2. The molecule has 1 saturated carbocycles. The molecule has 122 valence electrons. The van der Waals surface area contributed by atoms with Crippen LogP contribution in [0.4, 0.5) is 0 Å². The summed E-state index contributed by atoms with van der Waals surface area (Å²) in [5, 5.41) is 4.14. The zero-order valence-electron chi connectivity index (χ0n) is 13.4. The highest BCUT2D eigenvalue weighted by molar-refractivity contribution is 5.04. The van der Waals surface area contributed by atoms with Crippen molar-refractivity contribution in [2.24, 2.45) is 0 Å². The largest absolute Gasteiger partial charge is 0.377 e. The third-order valence-corrected chi connectivity index (χ3v) is 5.20. The Bertz CT molecular complexity index is 488. The number of piperazine rings is 1. The molecule has 0 aromatic carbocycles. The van der Waals surface area contributed by atoms with Crippen molar-refractivity contribution in [3.63, 3.8) is 0 Å². The normalized spacial score (nSPS) is 29.0. The Morgan fingerprint density at radius 1 is 1.18 bits per heavy atom. The summed E-state index contributed by atoms with van der Waals surface area (Å²) in [6, 6.07) is 0.227. The van der Waals surface area contributed by atoms with E-state index in [2.05, 4.69) is 26.9 Å². The summed E-state index contributed by atoms with van der Waals surface area (Å²) in [6.45, 7) is 8.56. The predicted molar refractivity (Wildman–Crippen MR) is 81.7 cm³/mol. The van der Waals surface area contributed by atoms with Gasteiger partial charge in [-0.1, -0.05) is 5.16 Å². The van der Waals surface area contributed by atoms with E-state index in [0.29, 0.717) is 12.0 Å². The zero-order chi connectivity index (χ0) is 14.9. The number of rotatable bonds is 5. The van der Waals surface area contributed by atoms with Crippen LogP contribution in [-0.2, 0) is 4.74 Å². The molecule has 3 heterocycles. The summed E-state index contributed by atoms with van der Waals surface area (Å²) in [6.07, 6.45) is 5.34. The van der Waals surface area contributed by atoms with Crippen LogP contribution in [0.1, 0.15) is 56.3 Å². The number of aromatic nitrogens is 2. The van der Waals surface area contributed by atoms with Crippen molar-refractivity contribution in [2.75, 3.05) is 39.3 Å². The van der Waals surface area contributed by atoms with Crippen molar-refractivity contribution in [1.29, 1.82) is 0 Å². The fraction of sp³-hybridized carbons (Fsp3) is 0.875. The summed E-state index contributed by atoms with van der Waals surface area (Å²) >= 11 is 0. The zero-order valence-corrected chi connectivity index (χ0v) is 13.4. The van der Waals surface area contributed by atoms with Crippen molar-refractivity contribution < 1.29 is 9.26 Å². The smallest absolute Gasteiger partial charge is 0.243 e. The minimum Gasteiger partial charge on any atom is -0.377 e. The van der Waals surface area contributed by atoms with Gasteiger partial charge < -0.3 is 9.26 Å². The predicted octanol–water partition coefficient (Wildman–Crippen LogP) is 1.80. The molecule has 3 fully saturated rings. The molecule has 2 aliphatic heterocycles. The van der Waals surface area contributed by atoms with Crippen molar-refractivity contribution in [2.45, 2.75) is 50.7 Å². The van der Waals surface area contributed by atoms with Gasteiger partial charge in [-0.15, -0.1) is 0 Å². The third-order valence-electron chi connectivity index (χ3n) is 5.20. The summed E-state index contributed by atoms with van der Waals surface area (Å²) in [5.74, 6) is 2.27.